The van der Waals surface area contributed by atoms with Crippen molar-refractivity contribution in [2.24, 2.45) is 0 Å². The number of sulfonamides is 1. The zero-order valence-corrected chi connectivity index (χ0v) is 16.5. The molecule has 7 heteroatoms. The number of benzene rings is 2. The first-order valence-electron chi connectivity index (χ1n) is 9.17. The summed E-state index contributed by atoms with van der Waals surface area (Å²) < 4.78 is 26.0. The number of amides is 1. The molecule has 1 saturated heterocycles. The van der Waals surface area contributed by atoms with Crippen molar-refractivity contribution in [1.82, 2.24) is 0 Å². The first kappa shape index (κ1) is 18.3. The Morgan fingerprint density at radius 1 is 1.00 bits per heavy atom. The van der Waals surface area contributed by atoms with Crippen LogP contribution in [-0.4, -0.2) is 33.2 Å². The molecule has 4 rings (SSSR count). The number of para-hydroxylation sites is 1. The van der Waals surface area contributed by atoms with Crippen molar-refractivity contribution in [1.29, 1.82) is 0 Å². The van der Waals surface area contributed by atoms with Gasteiger partial charge in [-0.2, -0.15) is 0 Å². The molecule has 1 amide bonds. The summed E-state index contributed by atoms with van der Waals surface area (Å²) in [6, 6.07) is 12.8. The van der Waals surface area contributed by atoms with Crippen LogP contribution in [-0.2, 0) is 16.4 Å². The predicted octanol–water partition coefficient (Wildman–Crippen LogP) is 3.86. The summed E-state index contributed by atoms with van der Waals surface area (Å²) in [5.41, 5.74) is 3.00. The molecule has 0 aromatic heterocycles. The lowest BCUT2D eigenvalue weighted by Gasteiger charge is -2.30. The van der Waals surface area contributed by atoms with Crippen molar-refractivity contribution in [2.45, 2.75) is 25.7 Å². The highest BCUT2D eigenvalue weighted by Crippen LogP contribution is 2.32. The van der Waals surface area contributed by atoms with Crippen LogP contribution in [0.4, 0.5) is 11.4 Å². The molecular weight excluding hydrogens is 384 g/mol. The van der Waals surface area contributed by atoms with E-state index in [2.05, 4.69) is 0 Å². The highest BCUT2D eigenvalue weighted by atomic mass is 35.5. The van der Waals surface area contributed by atoms with Gasteiger partial charge in [-0.3, -0.25) is 9.10 Å². The number of anilines is 2. The quantitative estimate of drug-likeness (QED) is 0.763. The molecule has 0 aliphatic carbocycles. The number of nitrogens with zero attached hydrogens (tertiary/aromatic N) is 2. The molecule has 0 spiro atoms. The van der Waals surface area contributed by atoms with Crippen LogP contribution in [0, 0.1) is 0 Å². The molecule has 0 N–H and O–H groups in total. The molecule has 5 nitrogen and oxygen atoms in total. The van der Waals surface area contributed by atoms with Gasteiger partial charge in [-0.15, -0.1) is 0 Å². The first-order valence-corrected chi connectivity index (χ1v) is 11.2. The number of hydrogen-bond acceptors (Lipinski definition) is 3. The standard InChI is InChI=1S/C20H21ClN2O3S/c21-18-14-16(23-12-3-4-13-27(23,25)26)9-10-17(18)20(24)22-11-5-7-15-6-1-2-8-19(15)22/h1-2,6,8-10,14H,3-5,7,11-13H2. The largest absolute Gasteiger partial charge is 0.308 e. The van der Waals surface area contributed by atoms with E-state index < -0.39 is 10.0 Å². The van der Waals surface area contributed by atoms with Gasteiger partial charge in [0, 0.05) is 18.8 Å². The fourth-order valence-corrected chi connectivity index (χ4v) is 5.69. The summed E-state index contributed by atoms with van der Waals surface area (Å²) in [6.45, 7) is 1.10. The maximum absolute atomic E-state index is 13.1. The van der Waals surface area contributed by atoms with Crippen LogP contribution in [0.15, 0.2) is 42.5 Å². The maximum Gasteiger partial charge on any atom is 0.259 e. The van der Waals surface area contributed by atoms with Gasteiger partial charge in [0.2, 0.25) is 10.0 Å². The molecule has 0 radical (unpaired) electrons. The molecule has 2 heterocycles. The lowest BCUT2D eigenvalue weighted by Crippen LogP contribution is -2.38. The SMILES string of the molecule is O=C(c1ccc(N2CCCCS2(=O)=O)cc1Cl)N1CCCc2ccccc21. The minimum atomic E-state index is -3.31. The Morgan fingerprint density at radius 2 is 1.81 bits per heavy atom. The minimum Gasteiger partial charge on any atom is -0.308 e. The number of fused-ring (bicyclic) bond motifs is 1. The van der Waals surface area contributed by atoms with Gasteiger partial charge < -0.3 is 4.90 Å². The van der Waals surface area contributed by atoms with E-state index in [0.29, 0.717) is 30.8 Å². The van der Waals surface area contributed by atoms with Crippen LogP contribution in [0.2, 0.25) is 5.02 Å². The Hall–Kier alpha value is -2.05. The fourth-order valence-electron chi connectivity index (χ4n) is 3.80. The summed E-state index contributed by atoms with van der Waals surface area (Å²) in [5.74, 6) is -0.00392. The highest BCUT2D eigenvalue weighted by molar-refractivity contribution is 7.92. The lowest BCUT2D eigenvalue weighted by molar-refractivity contribution is 0.0985. The topological polar surface area (TPSA) is 57.7 Å². The number of carbonyl (C=O) groups excluding carboxylic acids is 1. The molecule has 27 heavy (non-hydrogen) atoms. The third kappa shape index (κ3) is 3.44. The predicted molar refractivity (Wildman–Crippen MR) is 108 cm³/mol. The summed E-state index contributed by atoms with van der Waals surface area (Å²) in [5, 5.41) is 0.279. The van der Waals surface area contributed by atoms with Crippen molar-refractivity contribution in [3.8, 4) is 0 Å². The molecule has 2 aliphatic rings. The molecule has 0 unspecified atom stereocenters. The van der Waals surface area contributed by atoms with E-state index in [1.807, 2.05) is 24.3 Å². The molecule has 1 fully saturated rings. The molecule has 142 valence electrons. The van der Waals surface area contributed by atoms with Crippen LogP contribution in [0.3, 0.4) is 0 Å². The van der Waals surface area contributed by atoms with E-state index >= 15 is 0 Å². The second-order valence-electron chi connectivity index (χ2n) is 6.95. The van der Waals surface area contributed by atoms with Crippen molar-refractivity contribution in [2.75, 3.05) is 28.0 Å². The second kappa shape index (κ2) is 7.17. The van der Waals surface area contributed by atoms with E-state index in [1.165, 1.54) is 4.31 Å². The van der Waals surface area contributed by atoms with Gasteiger partial charge in [0.05, 0.1) is 22.0 Å². The van der Waals surface area contributed by atoms with E-state index in [0.717, 1.165) is 30.5 Å². The summed E-state index contributed by atoms with van der Waals surface area (Å²) in [7, 11) is -3.31. The van der Waals surface area contributed by atoms with Gasteiger partial charge in [0.1, 0.15) is 0 Å². The van der Waals surface area contributed by atoms with E-state index in [9.17, 15) is 13.2 Å². The molecule has 2 aromatic carbocycles. The number of rotatable bonds is 2. The first-order chi connectivity index (χ1) is 13.0. The van der Waals surface area contributed by atoms with Gasteiger partial charge in [-0.1, -0.05) is 29.8 Å². The van der Waals surface area contributed by atoms with Crippen molar-refractivity contribution in [3.63, 3.8) is 0 Å². The summed E-state index contributed by atoms with van der Waals surface area (Å²) in [4.78, 5) is 14.9. The maximum atomic E-state index is 13.1. The Labute approximate surface area is 164 Å². The van der Waals surface area contributed by atoms with Crippen molar-refractivity contribution < 1.29 is 13.2 Å². The van der Waals surface area contributed by atoms with Crippen molar-refractivity contribution >= 4 is 38.9 Å². The van der Waals surface area contributed by atoms with Crippen LogP contribution < -0.4 is 9.21 Å². The van der Waals surface area contributed by atoms with E-state index in [4.69, 9.17) is 11.6 Å². The molecular formula is C20H21ClN2O3S. The summed E-state index contributed by atoms with van der Waals surface area (Å²) >= 11 is 6.41. The summed E-state index contributed by atoms with van der Waals surface area (Å²) in [6.07, 6.45) is 3.36. The van der Waals surface area contributed by atoms with Crippen molar-refractivity contribution in [3.05, 3.63) is 58.6 Å². The van der Waals surface area contributed by atoms with E-state index in [1.54, 1.807) is 23.1 Å². The van der Waals surface area contributed by atoms with Gasteiger partial charge >= 0.3 is 0 Å². The van der Waals surface area contributed by atoms with Gasteiger partial charge in [-0.25, -0.2) is 8.42 Å². The average Bonchev–Trinajstić information content (AvgIpc) is 2.66. The highest BCUT2D eigenvalue weighted by Gasteiger charge is 2.28. The number of halogens is 1. The van der Waals surface area contributed by atoms with Gasteiger partial charge in [0.15, 0.2) is 0 Å². The zero-order valence-electron chi connectivity index (χ0n) is 14.9. The second-order valence-corrected chi connectivity index (χ2v) is 9.37. The number of carbonyl (C=O) groups is 1. The third-order valence-corrected chi connectivity index (χ3v) is 7.36. The smallest absolute Gasteiger partial charge is 0.259 e. The molecule has 0 bridgehead atoms. The van der Waals surface area contributed by atoms with E-state index in [-0.39, 0.29) is 16.7 Å². The average molecular weight is 405 g/mol. The van der Waals surface area contributed by atoms with Crippen LogP contribution in [0.5, 0.6) is 0 Å². The van der Waals surface area contributed by atoms with Crippen LogP contribution in [0.25, 0.3) is 0 Å². The third-order valence-electron chi connectivity index (χ3n) is 5.18. The Kier molecular flexibility index (Phi) is 4.86. The van der Waals surface area contributed by atoms with Crippen LogP contribution >= 0.6 is 11.6 Å². The zero-order chi connectivity index (χ0) is 19.0. The normalized spacial score (nSPS) is 18.9. The van der Waals surface area contributed by atoms with Crippen LogP contribution in [0.1, 0.15) is 35.2 Å². The fraction of sp³-hybridized carbons (Fsp3) is 0.350. The Bertz CT molecular complexity index is 990. The molecule has 0 atom stereocenters. The monoisotopic (exact) mass is 404 g/mol. The van der Waals surface area contributed by atoms with Gasteiger partial charge in [0.25, 0.3) is 5.91 Å². The number of aryl methyl sites for hydroxylation is 1. The molecule has 0 saturated carbocycles. The van der Waals surface area contributed by atoms with Gasteiger partial charge in [-0.05, 0) is 55.5 Å². The number of hydrogen-bond donors (Lipinski definition) is 0. The molecule has 2 aliphatic heterocycles. The minimum absolute atomic E-state index is 0.149. The lowest BCUT2D eigenvalue weighted by atomic mass is 10.0. The Balaban J connectivity index is 1.65. The Morgan fingerprint density at radius 3 is 2.59 bits per heavy atom. The molecule has 2 aromatic rings.